The first-order chi connectivity index (χ1) is 8.58. The Hall–Kier alpha value is -1.87. The summed E-state index contributed by atoms with van der Waals surface area (Å²) in [5.41, 5.74) is 10.4. The number of hydrogen-bond donors (Lipinski definition) is 1. The molecule has 1 atom stereocenters. The summed E-state index contributed by atoms with van der Waals surface area (Å²) in [5, 5.41) is 0. The molecular weight excluding hydrogens is 222 g/mol. The zero-order chi connectivity index (χ0) is 13.1. The summed E-state index contributed by atoms with van der Waals surface area (Å²) in [6, 6.07) is 10.5. The molecule has 0 aliphatic rings. The van der Waals surface area contributed by atoms with Crippen molar-refractivity contribution in [2.45, 2.75) is 13.0 Å². The van der Waals surface area contributed by atoms with Gasteiger partial charge in [0.05, 0.1) is 0 Å². The molecule has 94 valence electrons. The smallest absolute Gasteiger partial charge is 0.0361 e. The molecule has 1 unspecified atom stereocenters. The molecule has 0 amide bonds. The van der Waals surface area contributed by atoms with Crippen molar-refractivity contribution in [3.05, 3.63) is 48.3 Å². The molecule has 0 aliphatic carbocycles. The van der Waals surface area contributed by atoms with Crippen LogP contribution in [-0.2, 0) is 0 Å². The van der Waals surface area contributed by atoms with Crippen LogP contribution in [0.3, 0.4) is 0 Å². The van der Waals surface area contributed by atoms with Crippen molar-refractivity contribution in [1.82, 2.24) is 4.98 Å². The second-order valence-electron chi connectivity index (χ2n) is 4.74. The summed E-state index contributed by atoms with van der Waals surface area (Å²) >= 11 is 0. The van der Waals surface area contributed by atoms with Gasteiger partial charge in [-0.15, -0.1) is 0 Å². The minimum Gasteiger partial charge on any atom is -0.378 e. The fourth-order valence-corrected chi connectivity index (χ4v) is 1.82. The maximum absolute atomic E-state index is 5.88. The molecule has 3 nitrogen and oxygen atoms in total. The van der Waals surface area contributed by atoms with Gasteiger partial charge in [-0.05, 0) is 36.2 Å². The monoisotopic (exact) mass is 241 g/mol. The van der Waals surface area contributed by atoms with Crippen LogP contribution in [0.15, 0.2) is 42.7 Å². The summed E-state index contributed by atoms with van der Waals surface area (Å²) < 4.78 is 0. The van der Waals surface area contributed by atoms with E-state index in [-0.39, 0.29) is 6.04 Å². The molecular formula is C15H19N3. The number of rotatable bonds is 3. The minimum atomic E-state index is 0.0125. The molecule has 0 saturated carbocycles. The third kappa shape index (κ3) is 2.68. The molecule has 0 saturated heterocycles. The standard InChI is InChI=1S/C15H19N3/c1-11(16)13-8-14(10-17-9-13)12-4-6-15(7-5-12)18(2)3/h4-11H,16H2,1-3H3. The molecule has 2 aromatic rings. The number of nitrogens with zero attached hydrogens (tertiary/aromatic N) is 2. The van der Waals surface area contributed by atoms with E-state index in [4.69, 9.17) is 5.73 Å². The van der Waals surface area contributed by atoms with Gasteiger partial charge in [0, 0.05) is 43.8 Å². The summed E-state index contributed by atoms with van der Waals surface area (Å²) in [6.07, 6.45) is 3.69. The molecule has 1 heterocycles. The van der Waals surface area contributed by atoms with Gasteiger partial charge in [-0.25, -0.2) is 0 Å². The van der Waals surface area contributed by atoms with E-state index in [1.165, 1.54) is 5.69 Å². The fourth-order valence-electron chi connectivity index (χ4n) is 1.82. The van der Waals surface area contributed by atoms with Gasteiger partial charge < -0.3 is 10.6 Å². The highest BCUT2D eigenvalue weighted by atomic mass is 15.1. The van der Waals surface area contributed by atoms with Crippen molar-refractivity contribution in [2.24, 2.45) is 5.73 Å². The van der Waals surface area contributed by atoms with Gasteiger partial charge in [-0.1, -0.05) is 12.1 Å². The highest BCUT2D eigenvalue weighted by Gasteiger charge is 2.04. The van der Waals surface area contributed by atoms with Crippen LogP contribution in [0.5, 0.6) is 0 Å². The summed E-state index contributed by atoms with van der Waals surface area (Å²) in [4.78, 5) is 6.33. The fraction of sp³-hybridized carbons (Fsp3) is 0.267. The van der Waals surface area contributed by atoms with Crippen LogP contribution in [0.4, 0.5) is 5.69 Å². The number of pyridine rings is 1. The zero-order valence-corrected chi connectivity index (χ0v) is 11.1. The Bertz CT molecular complexity index is 516. The molecule has 0 fully saturated rings. The number of hydrogen-bond acceptors (Lipinski definition) is 3. The molecule has 0 spiro atoms. The van der Waals surface area contributed by atoms with Crippen molar-refractivity contribution < 1.29 is 0 Å². The van der Waals surface area contributed by atoms with Gasteiger partial charge in [-0.2, -0.15) is 0 Å². The second kappa shape index (κ2) is 5.19. The summed E-state index contributed by atoms with van der Waals surface area (Å²) in [7, 11) is 4.07. The van der Waals surface area contributed by atoms with Crippen LogP contribution >= 0.6 is 0 Å². The quantitative estimate of drug-likeness (QED) is 0.898. The van der Waals surface area contributed by atoms with Gasteiger partial charge in [0.15, 0.2) is 0 Å². The maximum atomic E-state index is 5.88. The third-order valence-electron chi connectivity index (χ3n) is 3.00. The number of benzene rings is 1. The van der Waals surface area contributed by atoms with E-state index in [1.807, 2.05) is 33.4 Å². The van der Waals surface area contributed by atoms with E-state index in [9.17, 15) is 0 Å². The first-order valence-electron chi connectivity index (χ1n) is 6.06. The first-order valence-corrected chi connectivity index (χ1v) is 6.06. The summed E-state index contributed by atoms with van der Waals surface area (Å²) in [6.45, 7) is 1.97. The van der Waals surface area contributed by atoms with Gasteiger partial charge >= 0.3 is 0 Å². The van der Waals surface area contributed by atoms with E-state index < -0.39 is 0 Å². The van der Waals surface area contributed by atoms with Gasteiger partial charge in [0.2, 0.25) is 0 Å². The van der Waals surface area contributed by atoms with Crippen LogP contribution in [0.25, 0.3) is 11.1 Å². The van der Waals surface area contributed by atoms with E-state index in [1.54, 1.807) is 0 Å². The van der Waals surface area contributed by atoms with E-state index in [0.29, 0.717) is 0 Å². The van der Waals surface area contributed by atoms with E-state index >= 15 is 0 Å². The highest BCUT2D eigenvalue weighted by molar-refractivity contribution is 5.66. The summed E-state index contributed by atoms with van der Waals surface area (Å²) in [5.74, 6) is 0. The largest absolute Gasteiger partial charge is 0.378 e. The van der Waals surface area contributed by atoms with Crippen molar-refractivity contribution in [2.75, 3.05) is 19.0 Å². The van der Waals surface area contributed by atoms with Crippen molar-refractivity contribution >= 4 is 5.69 Å². The normalized spacial score (nSPS) is 12.2. The molecule has 0 radical (unpaired) electrons. The second-order valence-corrected chi connectivity index (χ2v) is 4.74. The Morgan fingerprint density at radius 2 is 1.72 bits per heavy atom. The SMILES string of the molecule is CC(N)c1cncc(-c2ccc(N(C)C)cc2)c1. The van der Waals surface area contributed by atoms with Gasteiger partial charge in [-0.3, -0.25) is 4.98 Å². The Kier molecular flexibility index (Phi) is 3.63. The minimum absolute atomic E-state index is 0.0125. The highest BCUT2D eigenvalue weighted by Crippen LogP contribution is 2.23. The van der Waals surface area contributed by atoms with Crippen LogP contribution in [0.2, 0.25) is 0 Å². The predicted octanol–water partition coefficient (Wildman–Crippen LogP) is 2.83. The van der Waals surface area contributed by atoms with Crippen LogP contribution in [0, 0.1) is 0 Å². The molecule has 1 aromatic carbocycles. The number of nitrogens with two attached hydrogens (primary N) is 1. The lowest BCUT2D eigenvalue weighted by Gasteiger charge is -2.13. The Morgan fingerprint density at radius 1 is 1.06 bits per heavy atom. The average Bonchev–Trinajstić information content (AvgIpc) is 2.39. The topological polar surface area (TPSA) is 42.1 Å². The van der Waals surface area contributed by atoms with Gasteiger partial charge in [0.25, 0.3) is 0 Å². The molecule has 2 N–H and O–H groups in total. The Labute approximate surface area is 108 Å². The van der Waals surface area contributed by atoms with Crippen molar-refractivity contribution in [3.63, 3.8) is 0 Å². The van der Waals surface area contributed by atoms with Crippen LogP contribution in [0.1, 0.15) is 18.5 Å². The van der Waals surface area contributed by atoms with E-state index in [2.05, 4.69) is 40.2 Å². The lowest BCUT2D eigenvalue weighted by atomic mass is 10.0. The lowest BCUT2D eigenvalue weighted by Crippen LogP contribution is -2.08. The molecule has 1 aromatic heterocycles. The molecule has 18 heavy (non-hydrogen) atoms. The van der Waals surface area contributed by atoms with E-state index in [0.717, 1.165) is 16.7 Å². The average molecular weight is 241 g/mol. The molecule has 0 aliphatic heterocycles. The first kappa shape index (κ1) is 12.6. The Morgan fingerprint density at radius 3 is 2.28 bits per heavy atom. The predicted molar refractivity (Wildman–Crippen MR) is 76.6 cm³/mol. The number of anilines is 1. The molecule has 2 rings (SSSR count). The van der Waals surface area contributed by atoms with Crippen LogP contribution in [-0.4, -0.2) is 19.1 Å². The Balaban J connectivity index is 2.33. The molecule has 0 bridgehead atoms. The third-order valence-corrected chi connectivity index (χ3v) is 3.00. The maximum Gasteiger partial charge on any atom is 0.0361 e. The number of aromatic nitrogens is 1. The van der Waals surface area contributed by atoms with Crippen molar-refractivity contribution in [3.8, 4) is 11.1 Å². The zero-order valence-electron chi connectivity index (χ0n) is 11.1. The lowest BCUT2D eigenvalue weighted by molar-refractivity contribution is 0.812. The van der Waals surface area contributed by atoms with Gasteiger partial charge in [0.1, 0.15) is 0 Å². The molecule has 3 heteroatoms. The van der Waals surface area contributed by atoms with Crippen molar-refractivity contribution in [1.29, 1.82) is 0 Å². The van der Waals surface area contributed by atoms with Crippen LogP contribution < -0.4 is 10.6 Å².